The van der Waals surface area contributed by atoms with Crippen molar-refractivity contribution in [3.63, 3.8) is 0 Å². The second-order valence-electron chi connectivity index (χ2n) is 7.25. The average Bonchev–Trinajstić information content (AvgIpc) is 2.93. The zero-order chi connectivity index (χ0) is 18.4. The van der Waals surface area contributed by atoms with Gasteiger partial charge < -0.3 is 4.90 Å². The molecule has 0 spiro atoms. The number of carbonyl (C=O) groups excluding carboxylic acids is 3. The van der Waals surface area contributed by atoms with Crippen LogP contribution in [-0.2, 0) is 21.4 Å². The summed E-state index contributed by atoms with van der Waals surface area (Å²) in [5.74, 6) is -0.732. The standard InChI is InChI=1S/C19H22N4O3/c1-11-4-3-9-23(19(11)26)12-5-6-13-15(10-12)22(2)21-17(13)14-7-8-16(24)20-18(14)25/h5-6,10-11,14H,3-4,7-9H2,1-2H3,(H,20,24,25). The number of amides is 3. The van der Waals surface area contributed by atoms with E-state index < -0.39 is 5.92 Å². The van der Waals surface area contributed by atoms with Crippen molar-refractivity contribution < 1.29 is 14.4 Å². The molecule has 2 saturated heterocycles. The van der Waals surface area contributed by atoms with Crippen LogP contribution in [0.2, 0.25) is 0 Å². The molecule has 2 fully saturated rings. The summed E-state index contributed by atoms with van der Waals surface area (Å²) in [5, 5.41) is 7.84. The second-order valence-corrected chi connectivity index (χ2v) is 7.25. The van der Waals surface area contributed by atoms with E-state index in [0.717, 1.165) is 36.0 Å². The topological polar surface area (TPSA) is 84.3 Å². The van der Waals surface area contributed by atoms with E-state index in [2.05, 4.69) is 10.4 Å². The van der Waals surface area contributed by atoms with E-state index in [1.165, 1.54) is 0 Å². The molecule has 0 aliphatic carbocycles. The summed E-state index contributed by atoms with van der Waals surface area (Å²) in [6.07, 6.45) is 2.73. The van der Waals surface area contributed by atoms with Gasteiger partial charge in [-0.2, -0.15) is 5.10 Å². The largest absolute Gasteiger partial charge is 0.312 e. The van der Waals surface area contributed by atoms with Gasteiger partial charge >= 0.3 is 0 Å². The minimum absolute atomic E-state index is 0.0463. The maximum absolute atomic E-state index is 12.5. The molecule has 2 aliphatic rings. The number of fused-ring (bicyclic) bond motifs is 1. The third-order valence-corrected chi connectivity index (χ3v) is 5.45. The minimum Gasteiger partial charge on any atom is -0.312 e. The predicted molar refractivity (Wildman–Crippen MR) is 96.6 cm³/mol. The fraction of sp³-hybridized carbons (Fsp3) is 0.474. The number of hydrogen-bond acceptors (Lipinski definition) is 4. The van der Waals surface area contributed by atoms with Crippen molar-refractivity contribution in [1.29, 1.82) is 0 Å². The van der Waals surface area contributed by atoms with Gasteiger partial charge in [-0.25, -0.2) is 0 Å². The summed E-state index contributed by atoms with van der Waals surface area (Å²) in [7, 11) is 1.84. The van der Waals surface area contributed by atoms with Crippen LogP contribution >= 0.6 is 0 Å². The molecule has 3 amide bonds. The fourth-order valence-corrected chi connectivity index (χ4v) is 3.97. The van der Waals surface area contributed by atoms with Crippen LogP contribution in [0.15, 0.2) is 18.2 Å². The van der Waals surface area contributed by atoms with Gasteiger partial charge in [0.15, 0.2) is 0 Å². The molecule has 7 nitrogen and oxygen atoms in total. The van der Waals surface area contributed by atoms with E-state index in [1.54, 1.807) is 4.68 Å². The van der Waals surface area contributed by atoms with Gasteiger partial charge in [0.25, 0.3) is 0 Å². The highest BCUT2D eigenvalue weighted by Gasteiger charge is 2.32. The Balaban J connectivity index is 1.72. The third-order valence-electron chi connectivity index (χ3n) is 5.45. The molecular weight excluding hydrogens is 332 g/mol. The van der Waals surface area contributed by atoms with E-state index in [1.807, 2.05) is 37.1 Å². The Hall–Kier alpha value is -2.70. The molecular formula is C19H22N4O3. The molecule has 2 aromatic rings. The normalized spacial score (nSPS) is 24.2. The first kappa shape index (κ1) is 16.8. The lowest BCUT2D eigenvalue weighted by atomic mass is 9.92. The van der Waals surface area contributed by atoms with Gasteiger partial charge in [0, 0.05) is 37.0 Å². The molecule has 0 bridgehead atoms. The fourth-order valence-electron chi connectivity index (χ4n) is 3.97. The van der Waals surface area contributed by atoms with Crippen LogP contribution < -0.4 is 10.2 Å². The maximum atomic E-state index is 12.5. The Bertz CT molecular complexity index is 917. The molecule has 7 heteroatoms. The van der Waals surface area contributed by atoms with Crippen molar-refractivity contribution in [2.24, 2.45) is 13.0 Å². The molecule has 1 N–H and O–H groups in total. The van der Waals surface area contributed by atoms with Gasteiger partial charge in [0.05, 0.1) is 17.1 Å². The molecule has 26 heavy (non-hydrogen) atoms. The third kappa shape index (κ3) is 2.67. The van der Waals surface area contributed by atoms with Crippen LogP contribution in [0.4, 0.5) is 5.69 Å². The highest BCUT2D eigenvalue weighted by Crippen LogP contribution is 2.33. The predicted octanol–water partition coefficient (Wildman–Crippen LogP) is 1.86. The molecule has 0 saturated carbocycles. The Morgan fingerprint density at radius 2 is 2.00 bits per heavy atom. The van der Waals surface area contributed by atoms with Gasteiger partial charge in [-0.05, 0) is 37.5 Å². The summed E-state index contributed by atoms with van der Waals surface area (Å²) in [6.45, 7) is 2.70. The number of aryl methyl sites for hydroxylation is 1. The number of anilines is 1. The van der Waals surface area contributed by atoms with E-state index in [9.17, 15) is 14.4 Å². The van der Waals surface area contributed by atoms with Crippen LogP contribution in [0.1, 0.15) is 44.2 Å². The first-order valence-electron chi connectivity index (χ1n) is 9.07. The lowest BCUT2D eigenvalue weighted by Gasteiger charge is -2.30. The van der Waals surface area contributed by atoms with Crippen molar-refractivity contribution in [3.05, 3.63) is 23.9 Å². The molecule has 2 unspecified atom stereocenters. The van der Waals surface area contributed by atoms with Gasteiger partial charge in [0.1, 0.15) is 0 Å². The van der Waals surface area contributed by atoms with E-state index in [4.69, 9.17) is 0 Å². The van der Waals surface area contributed by atoms with Crippen molar-refractivity contribution in [2.45, 2.75) is 38.5 Å². The number of carbonyl (C=O) groups is 3. The molecule has 0 radical (unpaired) electrons. The van der Waals surface area contributed by atoms with Crippen molar-refractivity contribution in [1.82, 2.24) is 15.1 Å². The molecule has 3 heterocycles. The van der Waals surface area contributed by atoms with E-state index in [-0.39, 0.29) is 23.6 Å². The van der Waals surface area contributed by atoms with Crippen LogP contribution in [-0.4, -0.2) is 34.0 Å². The number of nitrogens with one attached hydrogen (secondary N) is 1. The van der Waals surface area contributed by atoms with Crippen LogP contribution in [0, 0.1) is 5.92 Å². The molecule has 2 aliphatic heterocycles. The molecule has 4 rings (SSSR count). The lowest BCUT2D eigenvalue weighted by molar-refractivity contribution is -0.134. The number of piperidine rings is 2. The lowest BCUT2D eigenvalue weighted by Crippen LogP contribution is -2.40. The van der Waals surface area contributed by atoms with Crippen LogP contribution in [0.5, 0.6) is 0 Å². The summed E-state index contributed by atoms with van der Waals surface area (Å²) in [6, 6.07) is 5.83. The zero-order valence-corrected chi connectivity index (χ0v) is 15.0. The Morgan fingerprint density at radius 1 is 1.19 bits per heavy atom. The number of nitrogens with zero attached hydrogens (tertiary/aromatic N) is 3. The maximum Gasteiger partial charge on any atom is 0.235 e. The molecule has 136 valence electrons. The molecule has 1 aromatic carbocycles. The van der Waals surface area contributed by atoms with Crippen LogP contribution in [0.25, 0.3) is 10.9 Å². The summed E-state index contributed by atoms with van der Waals surface area (Å²) in [5.41, 5.74) is 2.44. The van der Waals surface area contributed by atoms with E-state index >= 15 is 0 Å². The minimum atomic E-state index is -0.418. The summed E-state index contributed by atoms with van der Waals surface area (Å²) >= 11 is 0. The van der Waals surface area contributed by atoms with Gasteiger partial charge in [-0.15, -0.1) is 0 Å². The quantitative estimate of drug-likeness (QED) is 0.834. The second kappa shape index (κ2) is 6.23. The zero-order valence-electron chi connectivity index (χ0n) is 15.0. The monoisotopic (exact) mass is 354 g/mol. The summed E-state index contributed by atoms with van der Waals surface area (Å²) in [4.78, 5) is 37.9. The van der Waals surface area contributed by atoms with Crippen molar-refractivity contribution >= 4 is 34.3 Å². The number of hydrogen-bond donors (Lipinski definition) is 1. The van der Waals surface area contributed by atoms with Crippen molar-refractivity contribution in [3.8, 4) is 0 Å². The summed E-state index contributed by atoms with van der Waals surface area (Å²) < 4.78 is 1.75. The highest BCUT2D eigenvalue weighted by molar-refractivity contribution is 6.03. The first-order valence-corrected chi connectivity index (χ1v) is 9.07. The average molecular weight is 354 g/mol. The van der Waals surface area contributed by atoms with E-state index in [0.29, 0.717) is 18.5 Å². The SMILES string of the molecule is CC1CCCN(c2ccc3c(C4CCC(=O)NC4=O)nn(C)c3c2)C1=O. The number of aromatic nitrogens is 2. The highest BCUT2D eigenvalue weighted by atomic mass is 16.2. The molecule has 1 aromatic heterocycles. The Morgan fingerprint density at radius 3 is 2.77 bits per heavy atom. The smallest absolute Gasteiger partial charge is 0.235 e. The van der Waals surface area contributed by atoms with Gasteiger partial charge in [-0.3, -0.25) is 24.4 Å². The van der Waals surface area contributed by atoms with Gasteiger partial charge in [-0.1, -0.05) is 6.92 Å². The molecule has 2 atom stereocenters. The first-order chi connectivity index (χ1) is 12.5. The Kier molecular flexibility index (Phi) is 4.01. The Labute approximate surface area is 151 Å². The van der Waals surface area contributed by atoms with Gasteiger partial charge in [0.2, 0.25) is 17.7 Å². The van der Waals surface area contributed by atoms with Crippen molar-refractivity contribution in [2.75, 3.05) is 11.4 Å². The van der Waals surface area contributed by atoms with Crippen LogP contribution in [0.3, 0.4) is 0 Å². The number of benzene rings is 1. The number of rotatable bonds is 2. The number of imide groups is 1.